The molecule has 0 saturated carbocycles. The van der Waals surface area contributed by atoms with Crippen LogP contribution in [0.4, 0.5) is 11.4 Å². The highest BCUT2D eigenvalue weighted by molar-refractivity contribution is 6.17. The Balaban J connectivity index is 1.59. The summed E-state index contributed by atoms with van der Waals surface area (Å²) in [6.07, 6.45) is 0. The highest BCUT2D eigenvalue weighted by atomic mass is 16.3. The summed E-state index contributed by atoms with van der Waals surface area (Å²) in [4.78, 5) is 2.03. The lowest BCUT2D eigenvalue weighted by atomic mass is 10.0. The number of aromatic nitrogens is 1. The number of fused-ring (bicyclic) bond motifs is 3. The summed E-state index contributed by atoms with van der Waals surface area (Å²) >= 11 is 0. The Morgan fingerprint density at radius 1 is 0.525 bits per heavy atom. The third-order valence-electron chi connectivity index (χ3n) is 7.70. The van der Waals surface area contributed by atoms with E-state index in [2.05, 4.69) is 108 Å². The predicted molar refractivity (Wildman–Crippen MR) is 168 cm³/mol. The number of para-hydroxylation sites is 3. The first kappa shape index (κ1) is 23.8. The number of hydrogen-bond donors (Lipinski definition) is 1. The lowest BCUT2D eigenvalue weighted by Crippen LogP contribution is -2.10. The Morgan fingerprint density at radius 3 is 1.55 bits per heavy atom. The van der Waals surface area contributed by atoms with Crippen LogP contribution in [0.5, 0.6) is 5.75 Å². The quantitative estimate of drug-likeness (QED) is 0.247. The Kier molecular flexibility index (Phi) is 5.83. The molecule has 40 heavy (non-hydrogen) atoms. The largest absolute Gasteiger partial charge is 0.506 e. The minimum atomic E-state index is 0.238. The van der Waals surface area contributed by atoms with Gasteiger partial charge in [-0.25, -0.2) is 0 Å². The molecule has 1 heterocycles. The predicted octanol–water partition coefficient (Wildman–Crippen LogP) is 9.59. The number of phenolic OH excluding ortho intramolecular Hbond substituents is 1. The molecule has 0 amide bonds. The first-order valence-corrected chi connectivity index (χ1v) is 13.5. The maximum absolute atomic E-state index is 11.0. The van der Waals surface area contributed by atoms with Gasteiger partial charge in [0, 0.05) is 40.3 Å². The molecule has 192 valence electrons. The van der Waals surface area contributed by atoms with E-state index in [-0.39, 0.29) is 5.75 Å². The van der Waals surface area contributed by atoms with E-state index in [4.69, 9.17) is 0 Å². The molecule has 6 aromatic carbocycles. The van der Waals surface area contributed by atoms with E-state index in [1.54, 1.807) is 6.07 Å². The molecule has 1 aromatic heterocycles. The molecule has 0 fully saturated rings. The summed E-state index contributed by atoms with van der Waals surface area (Å²) in [5.41, 5.74) is 9.69. The van der Waals surface area contributed by atoms with E-state index >= 15 is 0 Å². The van der Waals surface area contributed by atoms with E-state index < -0.39 is 0 Å². The van der Waals surface area contributed by atoms with Gasteiger partial charge in [0.05, 0.1) is 16.7 Å². The molecule has 0 aliphatic carbocycles. The second-order valence-corrected chi connectivity index (χ2v) is 10.0. The van der Waals surface area contributed by atoms with E-state index in [1.807, 2.05) is 48.3 Å². The van der Waals surface area contributed by atoms with Gasteiger partial charge in [0.15, 0.2) is 0 Å². The maximum Gasteiger partial charge on any atom is 0.139 e. The number of anilines is 2. The fourth-order valence-corrected chi connectivity index (χ4v) is 5.79. The molecule has 3 nitrogen and oxygen atoms in total. The van der Waals surface area contributed by atoms with Gasteiger partial charge in [0.25, 0.3) is 0 Å². The summed E-state index contributed by atoms with van der Waals surface area (Å²) in [5, 5.41) is 13.4. The van der Waals surface area contributed by atoms with Crippen molar-refractivity contribution in [2.24, 2.45) is 0 Å². The monoisotopic (exact) mass is 516 g/mol. The van der Waals surface area contributed by atoms with Gasteiger partial charge < -0.3 is 14.6 Å². The van der Waals surface area contributed by atoms with Crippen LogP contribution in [0.15, 0.2) is 146 Å². The molecular weight excluding hydrogens is 488 g/mol. The Labute approximate surface area is 233 Å². The van der Waals surface area contributed by atoms with Crippen molar-refractivity contribution in [1.29, 1.82) is 0 Å². The fraction of sp³-hybridized carbons (Fsp3) is 0.0270. The molecule has 7 rings (SSSR count). The highest BCUT2D eigenvalue weighted by Gasteiger charge is 2.20. The molecule has 0 atom stereocenters. The van der Waals surface area contributed by atoms with Crippen molar-refractivity contribution >= 4 is 33.2 Å². The second kappa shape index (κ2) is 9.79. The maximum atomic E-state index is 11.0. The van der Waals surface area contributed by atoms with Crippen molar-refractivity contribution in [3.63, 3.8) is 0 Å². The first-order chi connectivity index (χ1) is 19.7. The number of rotatable bonds is 5. The summed E-state index contributed by atoms with van der Waals surface area (Å²) in [6, 6.07) is 50.3. The van der Waals surface area contributed by atoms with Gasteiger partial charge in [-0.3, -0.25) is 0 Å². The highest BCUT2D eigenvalue weighted by Crippen LogP contribution is 2.43. The fourth-order valence-electron chi connectivity index (χ4n) is 5.79. The van der Waals surface area contributed by atoms with Crippen LogP contribution in [0.1, 0.15) is 0 Å². The SMILES string of the molecule is CN(c1ccccc1)c1cc(-n2c3c(-c4ccccc4)cccc3c3cccc(-c4ccccc4)c32)ccc1O. The summed E-state index contributed by atoms with van der Waals surface area (Å²) in [5.74, 6) is 0.238. The summed E-state index contributed by atoms with van der Waals surface area (Å²) in [7, 11) is 1.99. The standard InChI is InChI=1S/C37H28N2O/c1-38(28-17-9-4-10-18-28)34-25-29(23-24-35(34)40)39-36-30(26-13-5-2-6-14-26)19-11-21-32(36)33-22-12-20-31(37(33)39)27-15-7-3-8-16-27/h2-25,40H,1H3. The summed E-state index contributed by atoms with van der Waals surface area (Å²) in [6.45, 7) is 0. The molecule has 0 unspecified atom stereocenters. The minimum Gasteiger partial charge on any atom is -0.506 e. The zero-order chi connectivity index (χ0) is 27.1. The Morgan fingerprint density at radius 2 is 1.02 bits per heavy atom. The molecule has 0 saturated heterocycles. The molecule has 3 heteroatoms. The van der Waals surface area contributed by atoms with Crippen LogP contribution < -0.4 is 4.90 Å². The van der Waals surface area contributed by atoms with Crippen molar-refractivity contribution in [3.8, 4) is 33.7 Å². The third kappa shape index (κ3) is 3.91. The normalized spacial score (nSPS) is 11.2. The van der Waals surface area contributed by atoms with Crippen LogP contribution in [0, 0.1) is 0 Å². The molecule has 0 radical (unpaired) electrons. The Bertz CT molecular complexity index is 1860. The average molecular weight is 517 g/mol. The molecule has 0 aliphatic heterocycles. The number of benzene rings is 6. The smallest absolute Gasteiger partial charge is 0.139 e. The van der Waals surface area contributed by atoms with Gasteiger partial charge in [-0.1, -0.05) is 115 Å². The van der Waals surface area contributed by atoms with Crippen molar-refractivity contribution in [2.75, 3.05) is 11.9 Å². The van der Waals surface area contributed by atoms with Gasteiger partial charge in [-0.05, 0) is 41.5 Å². The molecule has 1 N–H and O–H groups in total. The van der Waals surface area contributed by atoms with Crippen LogP contribution in [-0.2, 0) is 0 Å². The van der Waals surface area contributed by atoms with Gasteiger partial charge in [-0.15, -0.1) is 0 Å². The van der Waals surface area contributed by atoms with E-state index in [0.717, 1.165) is 28.1 Å². The van der Waals surface area contributed by atoms with E-state index in [0.29, 0.717) is 0 Å². The topological polar surface area (TPSA) is 28.4 Å². The average Bonchev–Trinajstić information content (AvgIpc) is 3.37. The zero-order valence-corrected chi connectivity index (χ0v) is 22.2. The number of phenols is 1. The molecule has 0 aliphatic rings. The molecular formula is C37H28N2O. The Hall–Kier alpha value is -5.28. The lowest BCUT2D eigenvalue weighted by molar-refractivity contribution is 0.476. The van der Waals surface area contributed by atoms with Crippen LogP contribution >= 0.6 is 0 Å². The van der Waals surface area contributed by atoms with Gasteiger partial charge in [0.2, 0.25) is 0 Å². The zero-order valence-electron chi connectivity index (χ0n) is 22.2. The van der Waals surface area contributed by atoms with Crippen LogP contribution in [-0.4, -0.2) is 16.7 Å². The van der Waals surface area contributed by atoms with Gasteiger partial charge in [-0.2, -0.15) is 0 Å². The lowest BCUT2D eigenvalue weighted by Gasteiger charge is -2.22. The number of aromatic hydroxyl groups is 1. The van der Waals surface area contributed by atoms with E-state index in [1.165, 1.54) is 33.0 Å². The van der Waals surface area contributed by atoms with Crippen molar-refractivity contribution in [1.82, 2.24) is 4.57 Å². The summed E-state index contributed by atoms with van der Waals surface area (Å²) < 4.78 is 2.37. The second-order valence-electron chi connectivity index (χ2n) is 10.0. The number of nitrogens with zero attached hydrogens (tertiary/aromatic N) is 2. The van der Waals surface area contributed by atoms with Crippen LogP contribution in [0.2, 0.25) is 0 Å². The van der Waals surface area contributed by atoms with Gasteiger partial charge >= 0.3 is 0 Å². The number of hydrogen-bond acceptors (Lipinski definition) is 2. The van der Waals surface area contributed by atoms with Crippen molar-refractivity contribution in [3.05, 3.63) is 146 Å². The van der Waals surface area contributed by atoms with E-state index in [9.17, 15) is 5.11 Å². The van der Waals surface area contributed by atoms with Crippen molar-refractivity contribution < 1.29 is 5.11 Å². The van der Waals surface area contributed by atoms with Gasteiger partial charge in [0.1, 0.15) is 5.75 Å². The third-order valence-corrected chi connectivity index (χ3v) is 7.70. The molecule has 0 bridgehead atoms. The van der Waals surface area contributed by atoms with Crippen molar-refractivity contribution in [2.45, 2.75) is 0 Å². The molecule has 0 spiro atoms. The first-order valence-electron chi connectivity index (χ1n) is 13.5. The van der Waals surface area contributed by atoms with Crippen LogP contribution in [0.25, 0.3) is 49.7 Å². The minimum absolute atomic E-state index is 0.238. The molecule has 7 aromatic rings. The van der Waals surface area contributed by atoms with Crippen LogP contribution in [0.3, 0.4) is 0 Å².